The Morgan fingerprint density at radius 1 is 1.44 bits per heavy atom. The van der Waals surface area contributed by atoms with Crippen molar-refractivity contribution in [2.75, 3.05) is 26.3 Å². The van der Waals surface area contributed by atoms with Gasteiger partial charge in [0, 0.05) is 23.1 Å². The Morgan fingerprint density at radius 3 is 2.89 bits per heavy atom. The minimum Gasteiger partial charge on any atom is -0.384 e. The zero-order chi connectivity index (χ0) is 12.8. The van der Waals surface area contributed by atoms with E-state index in [1.165, 1.54) is 6.07 Å². The van der Waals surface area contributed by atoms with Crippen molar-refractivity contribution in [3.05, 3.63) is 34.1 Å². The minimum atomic E-state index is -1.08. The number of nitrogens with zero attached hydrogens (tertiary/aromatic N) is 1. The fraction of sp³-hybridized carbons (Fsp3) is 0.538. The number of halogens is 2. The third-order valence-electron chi connectivity index (χ3n) is 3.84. The molecule has 0 amide bonds. The smallest absolute Gasteiger partial charge is 0.129 e. The van der Waals surface area contributed by atoms with Gasteiger partial charge in [0.1, 0.15) is 11.4 Å². The summed E-state index contributed by atoms with van der Waals surface area (Å²) in [6.07, 6.45) is 0.566. The molecule has 1 unspecified atom stereocenters. The van der Waals surface area contributed by atoms with Crippen molar-refractivity contribution < 1.29 is 14.2 Å². The van der Waals surface area contributed by atoms with E-state index < -0.39 is 5.60 Å². The lowest BCUT2D eigenvalue weighted by Crippen LogP contribution is -2.49. The van der Waals surface area contributed by atoms with E-state index in [9.17, 15) is 9.50 Å². The molecule has 3 rings (SSSR count). The summed E-state index contributed by atoms with van der Waals surface area (Å²) in [5.74, 6) is -0.340. The first kappa shape index (κ1) is 12.5. The van der Waals surface area contributed by atoms with Crippen molar-refractivity contribution in [2.24, 2.45) is 0 Å². The maximum Gasteiger partial charge on any atom is 0.129 e. The molecule has 98 valence electrons. The number of aliphatic hydroxyl groups is 1. The quantitative estimate of drug-likeness (QED) is 0.904. The van der Waals surface area contributed by atoms with E-state index in [0.29, 0.717) is 24.6 Å². The van der Waals surface area contributed by atoms with E-state index in [0.717, 1.165) is 24.2 Å². The number of rotatable bonds is 2. The normalized spacial score (nSPS) is 29.5. The van der Waals surface area contributed by atoms with Crippen LogP contribution >= 0.6 is 15.9 Å². The van der Waals surface area contributed by atoms with Crippen molar-refractivity contribution in [3.63, 3.8) is 0 Å². The first-order valence-electron chi connectivity index (χ1n) is 6.08. The molecule has 5 heteroatoms. The molecule has 0 spiro atoms. The van der Waals surface area contributed by atoms with Crippen LogP contribution in [0.15, 0.2) is 22.7 Å². The molecule has 0 bridgehead atoms. The lowest BCUT2D eigenvalue weighted by molar-refractivity contribution is -0.0668. The van der Waals surface area contributed by atoms with Crippen LogP contribution in [-0.4, -0.2) is 42.4 Å². The molecule has 2 saturated heterocycles. The van der Waals surface area contributed by atoms with Crippen molar-refractivity contribution in [3.8, 4) is 0 Å². The van der Waals surface area contributed by atoms with Gasteiger partial charge in [-0.05, 0) is 24.6 Å². The van der Waals surface area contributed by atoms with E-state index in [2.05, 4.69) is 20.8 Å². The first-order valence-corrected chi connectivity index (χ1v) is 6.87. The molecule has 1 aromatic rings. The van der Waals surface area contributed by atoms with Crippen LogP contribution in [0, 0.1) is 5.82 Å². The molecule has 2 aliphatic rings. The molecular formula is C13H15BrFNO2. The second kappa shape index (κ2) is 4.56. The molecule has 2 heterocycles. The molecule has 2 aliphatic heterocycles. The minimum absolute atomic E-state index is 0.340. The third-order valence-corrected chi connectivity index (χ3v) is 4.34. The highest BCUT2D eigenvalue weighted by molar-refractivity contribution is 9.10. The van der Waals surface area contributed by atoms with Crippen molar-refractivity contribution in [1.82, 2.24) is 4.90 Å². The summed E-state index contributed by atoms with van der Waals surface area (Å²) in [6, 6.07) is 5.10. The fourth-order valence-electron chi connectivity index (χ4n) is 2.64. The lowest BCUT2D eigenvalue weighted by Gasteiger charge is -2.35. The Kier molecular flexibility index (Phi) is 3.18. The SMILES string of the molecule is OC1(c2cc(Br)ccc2F)CCN(C2COC2)C1. The first-order chi connectivity index (χ1) is 8.58. The fourth-order valence-corrected chi connectivity index (χ4v) is 3.00. The zero-order valence-electron chi connectivity index (χ0n) is 9.90. The van der Waals surface area contributed by atoms with Crippen LogP contribution in [0.3, 0.4) is 0 Å². The number of hydrogen-bond donors (Lipinski definition) is 1. The highest BCUT2D eigenvalue weighted by atomic mass is 79.9. The molecule has 0 radical (unpaired) electrons. The summed E-state index contributed by atoms with van der Waals surface area (Å²) in [6.45, 7) is 2.71. The lowest BCUT2D eigenvalue weighted by atomic mass is 9.92. The highest BCUT2D eigenvalue weighted by Crippen LogP contribution is 2.36. The number of hydrogen-bond acceptors (Lipinski definition) is 3. The summed E-state index contributed by atoms with van der Waals surface area (Å²) in [7, 11) is 0. The second-order valence-electron chi connectivity index (χ2n) is 5.07. The van der Waals surface area contributed by atoms with E-state index in [-0.39, 0.29) is 5.82 Å². The van der Waals surface area contributed by atoms with E-state index in [1.54, 1.807) is 12.1 Å². The highest BCUT2D eigenvalue weighted by Gasteiger charge is 2.43. The second-order valence-corrected chi connectivity index (χ2v) is 5.98. The Balaban J connectivity index is 1.84. The number of benzene rings is 1. The maximum absolute atomic E-state index is 13.9. The van der Waals surface area contributed by atoms with Crippen LogP contribution in [0.2, 0.25) is 0 Å². The molecule has 3 nitrogen and oxygen atoms in total. The number of likely N-dealkylation sites (tertiary alicyclic amines) is 1. The Labute approximate surface area is 114 Å². The monoisotopic (exact) mass is 315 g/mol. The predicted molar refractivity (Wildman–Crippen MR) is 68.8 cm³/mol. The Bertz CT molecular complexity index is 466. The Hall–Kier alpha value is -0.490. The average Bonchev–Trinajstić information content (AvgIpc) is 2.63. The summed E-state index contributed by atoms with van der Waals surface area (Å²) < 4.78 is 19.8. The molecule has 0 aliphatic carbocycles. The van der Waals surface area contributed by atoms with Crippen LogP contribution in [0.5, 0.6) is 0 Å². The van der Waals surface area contributed by atoms with Crippen LogP contribution in [0.25, 0.3) is 0 Å². The topological polar surface area (TPSA) is 32.7 Å². The summed E-state index contributed by atoms with van der Waals surface area (Å²) in [5, 5.41) is 10.7. The van der Waals surface area contributed by atoms with Crippen LogP contribution in [-0.2, 0) is 10.3 Å². The third kappa shape index (κ3) is 2.09. The standard InChI is InChI=1S/C13H15BrFNO2/c14-9-1-2-12(15)11(5-9)13(17)3-4-16(8-13)10-6-18-7-10/h1-2,5,10,17H,3-4,6-8H2. The van der Waals surface area contributed by atoms with Crippen LogP contribution in [0.4, 0.5) is 4.39 Å². The van der Waals surface area contributed by atoms with Gasteiger partial charge in [-0.25, -0.2) is 4.39 Å². The Morgan fingerprint density at radius 2 is 2.22 bits per heavy atom. The van der Waals surface area contributed by atoms with Gasteiger partial charge >= 0.3 is 0 Å². The van der Waals surface area contributed by atoms with Gasteiger partial charge in [0.15, 0.2) is 0 Å². The molecule has 2 fully saturated rings. The van der Waals surface area contributed by atoms with E-state index >= 15 is 0 Å². The van der Waals surface area contributed by atoms with Gasteiger partial charge in [0.05, 0.1) is 19.3 Å². The van der Waals surface area contributed by atoms with Gasteiger partial charge in [-0.15, -0.1) is 0 Å². The van der Waals surface area contributed by atoms with Crippen molar-refractivity contribution in [1.29, 1.82) is 0 Å². The van der Waals surface area contributed by atoms with Gasteiger partial charge in [-0.2, -0.15) is 0 Å². The van der Waals surface area contributed by atoms with Gasteiger partial charge in [-0.3, -0.25) is 4.90 Å². The van der Waals surface area contributed by atoms with Crippen LogP contribution < -0.4 is 0 Å². The van der Waals surface area contributed by atoms with Crippen molar-refractivity contribution >= 4 is 15.9 Å². The molecular weight excluding hydrogens is 301 g/mol. The van der Waals surface area contributed by atoms with Crippen LogP contribution in [0.1, 0.15) is 12.0 Å². The van der Waals surface area contributed by atoms with Gasteiger partial charge < -0.3 is 9.84 Å². The molecule has 1 N–H and O–H groups in total. The van der Waals surface area contributed by atoms with E-state index in [4.69, 9.17) is 4.74 Å². The largest absolute Gasteiger partial charge is 0.384 e. The van der Waals surface area contributed by atoms with Crippen molar-refractivity contribution in [2.45, 2.75) is 18.1 Å². The molecule has 0 saturated carbocycles. The molecule has 1 aromatic carbocycles. The number of β-amino-alcohol motifs (C(OH)–C–C–N with tert-alkyl or cyclic N) is 1. The predicted octanol–water partition coefficient (Wildman–Crippen LogP) is 1.88. The van der Waals surface area contributed by atoms with Gasteiger partial charge in [-0.1, -0.05) is 15.9 Å². The molecule has 1 atom stereocenters. The summed E-state index contributed by atoms with van der Waals surface area (Å²) >= 11 is 3.33. The number of ether oxygens (including phenoxy) is 1. The summed E-state index contributed by atoms with van der Waals surface area (Å²) in [5.41, 5.74) is -0.691. The average molecular weight is 316 g/mol. The van der Waals surface area contributed by atoms with E-state index in [1.807, 2.05) is 0 Å². The van der Waals surface area contributed by atoms with Gasteiger partial charge in [0.2, 0.25) is 0 Å². The molecule has 18 heavy (non-hydrogen) atoms. The summed E-state index contributed by atoms with van der Waals surface area (Å²) in [4.78, 5) is 2.18. The zero-order valence-corrected chi connectivity index (χ0v) is 11.5. The van der Waals surface area contributed by atoms with Gasteiger partial charge in [0.25, 0.3) is 0 Å². The maximum atomic E-state index is 13.9. The molecule has 0 aromatic heterocycles.